The van der Waals surface area contributed by atoms with E-state index in [-0.39, 0.29) is 5.75 Å². The van der Waals surface area contributed by atoms with Crippen LogP contribution in [-0.2, 0) is 0 Å². The maximum Gasteiger partial charge on any atom is 0.145 e. The van der Waals surface area contributed by atoms with Gasteiger partial charge in [0.15, 0.2) is 0 Å². The summed E-state index contributed by atoms with van der Waals surface area (Å²) in [6, 6.07) is 41.4. The second-order valence-electron chi connectivity index (χ2n) is 10.6. The summed E-state index contributed by atoms with van der Waals surface area (Å²) in [5.41, 5.74) is 12.5. The molecule has 202 valence electrons. The van der Waals surface area contributed by atoms with Crippen LogP contribution < -0.4 is 0 Å². The van der Waals surface area contributed by atoms with Gasteiger partial charge in [0.1, 0.15) is 17.1 Å². The molecule has 4 nitrogen and oxygen atoms in total. The SMILES string of the molecule is Cc1cc(C)c(O)c(-c2nc3c(-c4cccc(-c5cc(-c6ccccc6)ccn5)c4)cccn3c2-c2ccccc2)c1. The number of pyridine rings is 2. The average molecular weight is 544 g/mol. The lowest BCUT2D eigenvalue weighted by Crippen LogP contribution is -1.92. The Labute approximate surface area is 245 Å². The lowest BCUT2D eigenvalue weighted by atomic mass is 9.99. The van der Waals surface area contributed by atoms with Gasteiger partial charge in [0.25, 0.3) is 0 Å². The highest BCUT2D eigenvalue weighted by Gasteiger charge is 2.21. The predicted octanol–water partition coefficient (Wildman–Crippen LogP) is 9.39. The number of phenolic OH excluding ortho intramolecular Hbond substituents is 1. The van der Waals surface area contributed by atoms with Crippen molar-refractivity contribution in [3.63, 3.8) is 0 Å². The topological polar surface area (TPSA) is 50.4 Å². The molecule has 7 rings (SSSR count). The summed E-state index contributed by atoms with van der Waals surface area (Å²) < 4.78 is 2.14. The highest BCUT2D eigenvalue weighted by atomic mass is 16.3. The minimum Gasteiger partial charge on any atom is -0.507 e. The zero-order valence-corrected chi connectivity index (χ0v) is 23.5. The van der Waals surface area contributed by atoms with Crippen molar-refractivity contribution in [2.45, 2.75) is 13.8 Å². The van der Waals surface area contributed by atoms with Crippen molar-refractivity contribution in [2.24, 2.45) is 0 Å². The van der Waals surface area contributed by atoms with Crippen LogP contribution in [0.15, 0.2) is 134 Å². The minimum atomic E-state index is 0.258. The number of aromatic hydroxyl groups is 1. The van der Waals surface area contributed by atoms with Crippen molar-refractivity contribution >= 4 is 5.65 Å². The summed E-state index contributed by atoms with van der Waals surface area (Å²) in [4.78, 5) is 9.93. The summed E-state index contributed by atoms with van der Waals surface area (Å²) in [5, 5.41) is 11.2. The summed E-state index contributed by atoms with van der Waals surface area (Å²) in [6.45, 7) is 3.98. The molecule has 0 atom stereocenters. The van der Waals surface area contributed by atoms with Gasteiger partial charge >= 0.3 is 0 Å². The van der Waals surface area contributed by atoms with Crippen molar-refractivity contribution in [3.8, 4) is 61.8 Å². The van der Waals surface area contributed by atoms with Crippen LogP contribution in [0, 0.1) is 13.8 Å². The summed E-state index contributed by atoms with van der Waals surface area (Å²) in [5.74, 6) is 0.258. The van der Waals surface area contributed by atoms with Crippen molar-refractivity contribution in [2.75, 3.05) is 0 Å². The first-order valence-electron chi connectivity index (χ1n) is 14.1. The lowest BCUT2D eigenvalue weighted by molar-refractivity contribution is 0.473. The van der Waals surface area contributed by atoms with Crippen molar-refractivity contribution < 1.29 is 5.11 Å². The molecule has 3 heterocycles. The highest BCUT2D eigenvalue weighted by Crippen LogP contribution is 2.41. The van der Waals surface area contributed by atoms with E-state index in [1.54, 1.807) is 0 Å². The number of phenols is 1. The van der Waals surface area contributed by atoms with Gasteiger partial charge in [-0.05, 0) is 78.1 Å². The van der Waals surface area contributed by atoms with Gasteiger partial charge in [-0.25, -0.2) is 4.98 Å². The fraction of sp³-hybridized carbons (Fsp3) is 0.0526. The number of fused-ring (bicyclic) bond motifs is 1. The van der Waals surface area contributed by atoms with Crippen LogP contribution in [0.4, 0.5) is 0 Å². The number of aromatic nitrogens is 3. The third-order valence-electron chi connectivity index (χ3n) is 7.73. The molecule has 0 saturated carbocycles. The van der Waals surface area contributed by atoms with Gasteiger partial charge in [-0.1, -0.05) is 84.9 Å². The number of nitrogens with zero attached hydrogens (tertiary/aromatic N) is 3. The van der Waals surface area contributed by atoms with Gasteiger partial charge in [0.2, 0.25) is 0 Å². The maximum atomic E-state index is 11.2. The van der Waals surface area contributed by atoms with Crippen LogP contribution in [0.5, 0.6) is 5.75 Å². The van der Waals surface area contributed by atoms with Gasteiger partial charge in [-0.2, -0.15) is 0 Å². The molecule has 1 N–H and O–H groups in total. The molecule has 0 amide bonds. The number of hydrogen-bond acceptors (Lipinski definition) is 3. The molecule has 0 fully saturated rings. The van der Waals surface area contributed by atoms with E-state index in [4.69, 9.17) is 9.97 Å². The molecule has 7 aromatic rings. The first-order valence-corrected chi connectivity index (χ1v) is 14.1. The Morgan fingerprint density at radius 1 is 0.595 bits per heavy atom. The van der Waals surface area contributed by atoms with Gasteiger partial charge in [-0.3, -0.25) is 9.38 Å². The zero-order valence-electron chi connectivity index (χ0n) is 23.5. The fourth-order valence-electron chi connectivity index (χ4n) is 5.74. The van der Waals surface area contributed by atoms with Crippen LogP contribution in [0.2, 0.25) is 0 Å². The predicted molar refractivity (Wildman–Crippen MR) is 171 cm³/mol. The van der Waals surface area contributed by atoms with Crippen LogP contribution in [-0.4, -0.2) is 19.5 Å². The van der Waals surface area contributed by atoms with Crippen molar-refractivity contribution in [1.82, 2.24) is 14.4 Å². The molecule has 0 unspecified atom stereocenters. The molecule has 3 aromatic heterocycles. The molecule has 0 radical (unpaired) electrons. The van der Waals surface area contributed by atoms with Gasteiger partial charge in [0.05, 0.1) is 11.4 Å². The average Bonchev–Trinajstić information content (AvgIpc) is 3.43. The molecule has 0 aliphatic heterocycles. The molecule has 4 heteroatoms. The number of benzene rings is 4. The van der Waals surface area contributed by atoms with E-state index in [1.807, 2.05) is 68.7 Å². The Morgan fingerprint density at radius 2 is 1.31 bits per heavy atom. The minimum absolute atomic E-state index is 0.258. The van der Waals surface area contributed by atoms with Crippen molar-refractivity contribution in [3.05, 3.63) is 145 Å². The van der Waals surface area contributed by atoms with E-state index in [2.05, 4.69) is 83.3 Å². The van der Waals surface area contributed by atoms with Crippen LogP contribution >= 0.6 is 0 Å². The van der Waals surface area contributed by atoms with E-state index >= 15 is 0 Å². The summed E-state index contributed by atoms with van der Waals surface area (Å²) in [6.07, 6.45) is 3.92. The molecular formula is C38H29N3O. The largest absolute Gasteiger partial charge is 0.507 e. The molecular weight excluding hydrogens is 514 g/mol. The Bertz CT molecular complexity index is 2060. The molecule has 0 aliphatic carbocycles. The van der Waals surface area contributed by atoms with Gasteiger partial charge in [0, 0.05) is 34.6 Å². The normalized spacial score (nSPS) is 11.2. The Hall–Kier alpha value is -5.48. The Kier molecular flexibility index (Phi) is 6.37. The van der Waals surface area contributed by atoms with Crippen LogP contribution in [0.3, 0.4) is 0 Å². The summed E-state index contributed by atoms with van der Waals surface area (Å²) in [7, 11) is 0. The number of aryl methyl sites for hydroxylation is 2. The van der Waals surface area contributed by atoms with Crippen LogP contribution in [0.25, 0.3) is 61.7 Å². The quantitative estimate of drug-likeness (QED) is 0.235. The molecule has 0 aliphatic rings. The van der Waals surface area contributed by atoms with E-state index in [0.717, 1.165) is 72.8 Å². The van der Waals surface area contributed by atoms with Crippen LogP contribution in [0.1, 0.15) is 11.1 Å². The lowest BCUT2D eigenvalue weighted by Gasteiger charge is -2.10. The second kappa shape index (κ2) is 10.5. The Balaban J connectivity index is 1.41. The van der Waals surface area contributed by atoms with E-state index in [1.165, 1.54) is 0 Å². The monoisotopic (exact) mass is 543 g/mol. The smallest absolute Gasteiger partial charge is 0.145 e. The standard InChI is InChI=1S/C38H29N3O/c1-25-21-26(2)37(42)33(22-25)35-36(28-13-7-4-8-14-28)41-20-10-17-32(38(41)40-35)30-15-9-16-31(23-30)34-24-29(18-19-39-34)27-11-5-3-6-12-27/h3-24,42H,1-2H3. The number of hydrogen-bond donors (Lipinski definition) is 1. The van der Waals surface area contributed by atoms with Gasteiger partial charge in [-0.15, -0.1) is 0 Å². The van der Waals surface area contributed by atoms with E-state index in [0.29, 0.717) is 0 Å². The maximum absolute atomic E-state index is 11.2. The highest BCUT2D eigenvalue weighted by molar-refractivity contribution is 5.90. The van der Waals surface area contributed by atoms with Gasteiger partial charge < -0.3 is 5.11 Å². The van der Waals surface area contributed by atoms with E-state index < -0.39 is 0 Å². The second-order valence-corrected chi connectivity index (χ2v) is 10.6. The molecule has 0 saturated heterocycles. The third kappa shape index (κ3) is 4.53. The fourth-order valence-corrected chi connectivity index (χ4v) is 5.74. The number of rotatable bonds is 5. The summed E-state index contributed by atoms with van der Waals surface area (Å²) >= 11 is 0. The first kappa shape index (κ1) is 25.5. The third-order valence-corrected chi connectivity index (χ3v) is 7.73. The van der Waals surface area contributed by atoms with Crippen molar-refractivity contribution in [1.29, 1.82) is 0 Å². The Morgan fingerprint density at radius 3 is 2.10 bits per heavy atom. The molecule has 42 heavy (non-hydrogen) atoms. The zero-order chi connectivity index (χ0) is 28.6. The molecule has 0 bridgehead atoms. The van der Waals surface area contributed by atoms with E-state index in [9.17, 15) is 5.11 Å². The first-order chi connectivity index (χ1) is 20.6. The molecule has 4 aromatic carbocycles. The number of imidazole rings is 1. The molecule has 0 spiro atoms.